The number of nitrogens with zero attached hydrogens (tertiary/aromatic N) is 4. The van der Waals surface area contributed by atoms with Gasteiger partial charge in [0, 0.05) is 44.6 Å². The number of rotatable bonds is 6. The molecule has 3 atom stereocenters. The highest BCUT2D eigenvalue weighted by atomic mass is 32.2. The van der Waals surface area contributed by atoms with Crippen LogP contribution < -0.4 is 0 Å². The van der Waals surface area contributed by atoms with Crippen molar-refractivity contribution in [1.29, 1.82) is 0 Å². The molecule has 8 nitrogen and oxygen atoms in total. The van der Waals surface area contributed by atoms with Gasteiger partial charge in [0.1, 0.15) is 0 Å². The Labute approximate surface area is 197 Å². The number of alkyl halides is 2. The van der Waals surface area contributed by atoms with Gasteiger partial charge in [-0.25, -0.2) is 17.2 Å². The third-order valence-electron chi connectivity index (χ3n) is 7.15. The van der Waals surface area contributed by atoms with E-state index in [1.165, 1.54) is 12.1 Å². The van der Waals surface area contributed by atoms with Crippen molar-refractivity contribution in [2.75, 3.05) is 37.7 Å². The molecule has 5 rings (SSSR count). The average Bonchev–Trinajstić information content (AvgIpc) is 3.54. The smallest absolute Gasteiger partial charge is 0.270 e. The summed E-state index contributed by atoms with van der Waals surface area (Å²) in [5.41, 5.74) is 0.860. The lowest BCUT2D eigenvalue weighted by molar-refractivity contribution is -0.121. The Bertz CT molecular complexity index is 1100. The zero-order chi connectivity index (χ0) is 24.1. The summed E-state index contributed by atoms with van der Waals surface area (Å²) in [7, 11) is -3.07. The Morgan fingerprint density at radius 3 is 2.32 bits per heavy atom. The molecular formula is C23H30F2N4O4S. The number of hydrogen-bond donors (Lipinski definition) is 1. The van der Waals surface area contributed by atoms with Crippen LogP contribution in [-0.4, -0.2) is 77.5 Å². The molecule has 34 heavy (non-hydrogen) atoms. The fourth-order valence-electron chi connectivity index (χ4n) is 4.90. The van der Waals surface area contributed by atoms with Gasteiger partial charge in [0.25, 0.3) is 5.92 Å². The van der Waals surface area contributed by atoms with Gasteiger partial charge in [-0.15, -0.1) is 0 Å². The first-order chi connectivity index (χ1) is 16.1. The first-order valence-electron chi connectivity index (χ1n) is 11.8. The number of aromatic nitrogens is 2. The highest BCUT2D eigenvalue weighted by Crippen LogP contribution is 2.41. The molecule has 0 bridgehead atoms. The van der Waals surface area contributed by atoms with E-state index >= 15 is 0 Å². The molecule has 3 unspecified atom stereocenters. The zero-order valence-corrected chi connectivity index (χ0v) is 19.9. The Morgan fingerprint density at radius 1 is 1.06 bits per heavy atom. The van der Waals surface area contributed by atoms with Crippen molar-refractivity contribution in [1.82, 2.24) is 19.9 Å². The second kappa shape index (κ2) is 8.92. The molecule has 11 heteroatoms. The molecule has 3 aliphatic rings. The summed E-state index contributed by atoms with van der Waals surface area (Å²) in [5, 5.41) is 15.3. The van der Waals surface area contributed by atoms with Crippen LogP contribution in [0.2, 0.25) is 0 Å². The molecular weight excluding hydrogens is 466 g/mol. The molecule has 2 saturated heterocycles. The second-order valence-electron chi connectivity index (χ2n) is 9.89. The maximum Gasteiger partial charge on any atom is 0.270 e. The minimum absolute atomic E-state index is 0.0197. The van der Waals surface area contributed by atoms with Crippen molar-refractivity contribution in [3.63, 3.8) is 0 Å². The van der Waals surface area contributed by atoms with Gasteiger partial charge < -0.3 is 9.63 Å². The van der Waals surface area contributed by atoms with E-state index < -0.39 is 22.1 Å². The molecule has 1 aromatic heterocycles. The van der Waals surface area contributed by atoms with E-state index in [-0.39, 0.29) is 42.0 Å². The molecule has 2 aromatic rings. The van der Waals surface area contributed by atoms with Crippen LogP contribution in [-0.2, 0) is 15.8 Å². The lowest BCUT2D eigenvalue weighted by atomic mass is 9.84. The summed E-state index contributed by atoms with van der Waals surface area (Å²) < 4.78 is 56.6. The fourth-order valence-corrected chi connectivity index (χ4v) is 6.13. The molecule has 0 radical (unpaired) electrons. The van der Waals surface area contributed by atoms with Gasteiger partial charge in [0.2, 0.25) is 5.89 Å². The SMILES string of the molecule is CC(F)(F)c1ccc(C2CC(c3nc(C4CC4)no3)CN(C(O)N3CCS(=O)(=O)CC3)C2)cc1. The minimum atomic E-state index is -3.07. The van der Waals surface area contributed by atoms with Crippen LogP contribution in [0.5, 0.6) is 0 Å². The maximum absolute atomic E-state index is 13.7. The first kappa shape index (κ1) is 23.8. The van der Waals surface area contributed by atoms with Gasteiger partial charge in [-0.1, -0.05) is 29.4 Å². The highest BCUT2D eigenvalue weighted by molar-refractivity contribution is 7.91. The van der Waals surface area contributed by atoms with Crippen molar-refractivity contribution in [2.24, 2.45) is 0 Å². The van der Waals surface area contributed by atoms with Gasteiger partial charge in [-0.2, -0.15) is 4.98 Å². The summed E-state index contributed by atoms with van der Waals surface area (Å²) in [5.74, 6) is -1.43. The Hall–Kier alpha value is -1.95. The van der Waals surface area contributed by atoms with Crippen LogP contribution in [0.1, 0.15) is 66.8 Å². The summed E-state index contributed by atoms with van der Waals surface area (Å²) >= 11 is 0. The van der Waals surface area contributed by atoms with Crippen molar-refractivity contribution >= 4 is 9.84 Å². The van der Waals surface area contributed by atoms with Crippen LogP contribution >= 0.6 is 0 Å². The van der Waals surface area contributed by atoms with Crippen molar-refractivity contribution in [3.05, 3.63) is 47.1 Å². The van der Waals surface area contributed by atoms with Gasteiger partial charge in [0.05, 0.1) is 17.4 Å². The van der Waals surface area contributed by atoms with Crippen LogP contribution in [0, 0.1) is 0 Å². The van der Waals surface area contributed by atoms with Gasteiger partial charge in [-0.3, -0.25) is 9.80 Å². The van der Waals surface area contributed by atoms with Gasteiger partial charge in [-0.05, 0) is 30.7 Å². The monoisotopic (exact) mass is 496 g/mol. The van der Waals surface area contributed by atoms with Crippen molar-refractivity contribution in [3.8, 4) is 0 Å². The normalized spacial score (nSPS) is 27.5. The second-order valence-corrected chi connectivity index (χ2v) is 12.2. The zero-order valence-electron chi connectivity index (χ0n) is 19.1. The van der Waals surface area contributed by atoms with Crippen molar-refractivity contribution in [2.45, 2.75) is 56.2 Å². The molecule has 186 valence electrons. The predicted octanol–water partition coefficient (Wildman–Crippen LogP) is 2.64. The third kappa shape index (κ3) is 5.17. The summed E-state index contributed by atoms with van der Waals surface area (Å²) in [6.45, 7) is 2.40. The number of likely N-dealkylation sites (tertiary alicyclic amines) is 1. The molecule has 3 heterocycles. The summed E-state index contributed by atoms with van der Waals surface area (Å²) in [6.07, 6.45) is 1.85. The standard InChI is InChI=1S/C23H30F2N4O4S/c1-23(24,25)19-6-4-15(5-7-19)17-12-18(21-26-20(27-33-21)16-2-3-16)14-29(13-17)22(30)28-8-10-34(31,32)11-9-28/h4-7,16-18,22,30H,2-3,8-14H2,1H3. The van der Waals surface area contributed by atoms with E-state index in [9.17, 15) is 22.3 Å². The molecule has 0 spiro atoms. The number of halogens is 2. The lowest BCUT2D eigenvalue weighted by Gasteiger charge is -2.43. The number of aliphatic hydroxyl groups is 1. The quantitative estimate of drug-likeness (QED) is 0.652. The number of hydrogen-bond acceptors (Lipinski definition) is 8. The molecule has 1 saturated carbocycles. The average molecular weight is 497 g/mol. The number of benzene rings is 1. The minimum Gasteiger partial charge on any atom is -0.365 e. The van der Waals surface area contributed by atoms with Crippen LogP contribution in [0.25, 0.3) is 0 Å². The van der Waals surface area contributed by atoms with Gasteiger partial charge >= 0.3 is 0 Å². The van der Waals surface area contributed by atoms with E-state index in [0.29, 0.717) is 31.3 Å². The molecule has 2 aliphatic heterocycles. The molecule has 1 aromatic carbocycles. The highest BCUT2D eigenvalue weighted by Gasteiger charge is 2.39. The Morgan fingerprint density at radius 2 is 1.71 bits per heavy atom. The van der Waals surface area contributed by atoms with Crippen LogP contribution in [0.15, 0.2) is 28.8 Å². The summed E-state index contributed by atoms with van der Waals surface area (Å²) in [4.78, 5) is 8.29. The van der Waals surface area contributed by atoms with E-state index in [1.54, 1.807) is 17.0 Å². The molecule has 0 amide bonds. The van der Waals surface area contributed by atoms with E-state index in [4.69, 9.17) is 4.52 Å². The summed E-state index contributed by atoms with van der Waals surface area (Å²) in [6, 6.07) is 6.35. The van der Waals surface area contributed by atoms with Gasteiger partial charge in [0.15, 0.2) is 22.0 Å². The predicted molar refractivity (Wildman–Crippen MR) is 120 cm³/mol. The van der Waals surface area contributed by atoms with E-state index in [0.717, 1.165) is 31.2 Å². The third-order valence-corrected chi connectivity index (χ3v) is 8.76. The van der Waals surface area contributed by atoms with E-state index in [1.807, 2.05) is 4.90 Å². The number of sulfone groups is 1. The van der Waals surface area contributed by atoms with E-state index in [2.05, 4.69) is 10.1 Å². The Kier molecular flexibility index (Phi) is 6.24. The van der Waals surface area contributed by atoms with Crippen LogP contribution in [0.4, 0.5) is 8.78 Å². The maximum atomic E-state index is 13.7. The Balaban J connectivity index is 1.38. The molecule has 1 N–H and O–H groups in total. The number of piperidine rings is 1. The lowest BCUT2D eigenvalue weighted by Crippen LogP contribution is -2.56. The molecule has 3 fully saturated rings. The van der Waals surface area contributed by atoms with Crippen LogP contribution in [0.3, 0.4) is 0 Å². The largest absolute Gasteiger partial charge is 0.365 e. The first-order valence-corrected chi connectivity index (χ1v) is 13.6. The number of aliphatic hydroxyl groups excluding tert-OH is 1. The molecule has 1 aliphatic carbocycles. The van der Waals surface area contributed by atoms with Crippen molar-refractivity contribution < 1.29 is 26.8 Å². The fraction of sp³-hybridized carbons (Fsp3) is 0.652. The topological polar surface area (TPSA) is 99.8 Å².